The summed E-state index contributed by atoms with van der Waals surface area (Å²) in [7, 11) is 0. The highest BCUT2D eigenvalue weighted by Gasteiger charge is 2.38. The second-order valence-corrected chi connectivity index (χ2v) is 7.28. The van der Waals surface area contributed by atoms with E-state index in [-0.39, 0.29) is 6.09 Å². The first-order valence-electron chi connectivity index (χ1n) is 10.1. The molecule has 0 aliphatic carbocycles. The topological polar surface area (TPSA) is 29.5 Å². The van der Waals surface area contributed by atoms with Crippen LogP contribution in [0.25, 0.3) is 0 Å². The third kappa shape index (κ3) is 5.59. The Morgan fingerprint density at radius 1 is 0.963 bits per heavy atom. The van der Waals surface area contributed by atoms with Crippen LogP contribution < -0.4 is 0 Å². The Labute approximate surface area is 164 Å². The minimum atomic E-state index is -0.669. The molecule has 0 heterocycles. The number of carbonyl (C=O) groups excluding carboxylic acids is 1. The average molecular weight is 368 g/mol. The molecule has 2 rings (SSSR count). The molecule has 0 fully saturated rings. The fraction of sp³-hybridized carbons (Fsp3) is 0.458. The highest BCUT2D eigenvalue weighted by Crippen LogP contribution is 2.38. The van der Waals surface area contributed by atoms with Crippen molar-refractivity contribution >= 4 is 6.09 Å². The van der Waals surface area contributed by atoms with Crippen molar-refractivity contribution in [1.29, 1.82) is 0 Å². The Hall–Kier alpha value is -2.29. The van der Waals surface area contributed by atoms with Crippen molar-refractivity contribution < 1.29 is 9.53 Å². The summed E-state index contributed by atoms with van der Waals surface area (Å²) in [6.07, 6.45) is 2.29. The molecule has 1 amide bonds. The summed E-state index contributed by atoms with van der Waals surface area (Å²) in [6.45, 7) is 9.69. The van der Waals surface area contributed by atoms with Crippen molar-refractivity contribution in [2.45, 2.75) is 52.6 Å². The molecule has 0 saturated heterocycles. The molecule has 3 heteroatoms. The van der Waals surface area contributed by atoms with Crippen molar-refractivity contribution in [1.82, 2.24) is 4.90 Å². The molecule has 2 atom stereocenters. The molecule has 0 bridgehead atoms. The van der Waals surface area contributed by atoms with Gasteiger partial charge in [0.2, 0.25) is 0 Å². The highest BCUT2D eigenvalue weighted by molar-refractivity contribution is 5.68. The van der Waals surface area contributed by atoms with Gasteiger partial charge >= 0.3 is 6.09 Å². The standard InChI is InChI=1S/C24H33NO2/c1-5-20(4)18-24(22-16-12-9-13-17-22,19-21-14-10-8-11-15-21)27-23(26)25(6-2)7-3/h8-17,20H,5-7,18-19H2,1-4H3. The van der Waals surface area contributed by atoms with Crippen LogP contribution in [0.4, 0.5) is 4.79 Å². The minimum Gasteiger partial charge on any atom is -0.438 e. The average Bonchev–Trinajstić information content (AvgIpc) is 2.70. The number of nitrogens with zero attached hydrogens (tertiary/aromatic N) is 1. The van der Waals surface area contributed by atoms with Crippen LogP contribution in [-0.4, -0.2) is 24.1 Å². The lowest BCUT2D eigenvalue weighted by Gasteiger charge is -2.38. The lowest BCUT2D eigenvalue weighted by atomic mass is 9.79. The van der Waals surface area contributed by atoms with E-state index in [0.29, 0.717) is 25.4 Å². The predicted octanol–water partition coefficient (Wildman–Crippen LogP) is 6.04. The summed E-state index contributed by atoms with van der Waals surface area (Å²) in [4.78, 5) is 14.7. The van der Waals surface area contributed by atoms with E-state index in [0.717, 1.165) is 18.4 Å². The lowest BCUT2D eigenvalue weighted by molar-refractivity contribution is -0.0279. The third-order valence-electron chi connectivity index (χ3n) is 5.31. The zero-order valence-electron chi connectivity index (χ0n) is 17.2. The molecule has 0 N–H and O–H groups in total. The molecule has 2 aromatic rings. The van der Waals surface area contributed by atoms with Crippen molar-refractivity contribution in [3.63, 3.8) is 0 Å². The van der Waals surface area contributed by atoms with E-state index in [1.807, 2.05) is 50.2 Å². The van der Waals surface area contributed by atoms with Gasteiger partial charge in [-0.15, -0.1) is 0 Å². The van der Waals surface area contributed by atoms with Crippen LogP contribution in [0.5, 0.6) is 0 Å². The van der Waals surface area contributed by atoms with Gasteiger partial charge in [-0.05, 0) is 37.3 Å². The summed E-state index contributed by atoms with van der Waals surface area (Å²) in [5, 5.41) is 0. The summed E-state index contributed by atoms with van der Waals surface area (Å²) < 4.78 is 6.33. The fourth-order valence-electron chi connectivity index (χ4n) is 3.52. The lowest BCUT2D eigenvalue weighted by Crippen LogP contribution is -2.42. The SMILES string of the molecule is CCC(C)CC(Cc1ccccc1)(OC(=O)N(CC)CC)c1ccccc1. The van der Waals surface area contributed by atoms with Crippen LogP contribution in [0.1, 0.15) is 51.7 Å². The summed E-state index contributed by atoms with van der Waals surface area (Å²) >= 11 is 0. The first-order valence-corrected chi connectivity index (χ1v) is 10.1. The van der Waals surface area contributed by atoms with Gasteiger partial charge in [0.05, 0.1) is 0 Å². The molecule has 0 saturated carbocycles. The highest BCUT2D eigenvalue weighted by atomic mass is 16.6. The van der Waals surface area contributed by atoms with Crippen molar-refractivity contribution in [3.8, 4) is 0 Å². The van der Waals surface area contributed by atoms with Gasteiger partial charge in [-0.25, -0.2) is 4.79 Å². The zero-order chi connectivity index (χ0) is 19.7. The first-order chi connectivity index (χ1) is 13.0. The molecule has 146 valence electrons. The second-order valence-electron chi connectivity index (χ2n) is 7.28. The largest absolute Gasteiger partial charge is 0.438 e. The quantitative estimate of drug-likeness (QED) is 0.541. The van der Waals surface area contributed by atoms with Crippen molar-refractivity contribution in [2.75, 3.05) is 13.1 Å². The molecule has 0 aliphatic rings. The van der Waals surface area contributed by atoms with Crippen molar-refractivity contribution in [2.24, 2.45) is 5.92 Å². The van der Waals surface area contributed by atoms with E-state index in [2.05, 4.69) is 38.1 Å². The normalized spacial score (nSPS) is 14.2. The van der Waals surface area contributed by atoms with Crippen molar-refractivity contribution in [3.05, 3.63) is 71.8 Å². The summed E-state index contributed by atoms with van der Waals surface area (Å²) in [6, 6.07) is 20.5. The van der Waals surface area contributed by atoms with Crippen LogP contribution in [-0.2, 0) is 16.8 Å². The maximum Gasteiger partial charge on any atom is 0.410 e. The molecule has 0 spiro atoms. The maximum atomic E-state index is 13.0. The molecular formula is C24H33NO2. The van der Waals surface area contributed by atoms with Gasteiger partial charge in [0.25, 0.3) is 0 Å². The number of hydrogen-bond acceptors (Lipinski definition) is 2. The van der Waals surface area contributed by atoms with Gasteiger partial charge in [0.15, 0.2) is 0 Å². The Morgan fingerprint density at radius 2 is 1.52 bits per heavy atom. The molecule has 3 nitrogen and oxygen atoms in total. The Kier molecular flexibility index (Phi) is 7.90. The third-order valence-corrected chi connectivity index (χ3v) is 5.31. The number of carbonyl (C=O) groups is 1. The van der Waals surface area contributed by atoms with Crippen LogP contribution in [0, 0.1) is 5.92 Å². The predicted molar refractivity (Wildman–Crippen MR) is 112 cm³/mol. The van der Waals surface area contributed by atoms with Gasteiger partial charge in [-0.2, -0.15) is 0 Å². The van der Waals surface area contributed by atoms with E-state index in [4.69, 9.17) is 4.74 Å². The van der Waals surface area contributed by atoms with Crippen LogP contribution >= 0.6 is 0 Å². The molecule has 27 heavy (non-hydrogen) atoms. The molecule has 0 aromatic heterocycles. The Bertz CT molecular complexity index is 682. The Morgan fingerprint density at radius 3 is 2.04 bits per heavy atom. The molecule has 2 aromatic carbocycles. The minimum absolute atomic E-state index is 0.233. The molecule has 0 radical (unpaired) electrons. The van der Waals surface area contributed by atoms with E-state index in [1.165, 1.54) is 5.56 Å². The van der Waals surface area contributed by atoms with Gasteiger partial charge in [0, 0.05) is 19.5 Å². The van der Waals surface area contributed by atoms with E-state index >= 15 is 0 Å². The van der Waals surface area contributed by atoms with Gasteiger partial charge in [-0.1, -0.05) is 80.9 Å². The molecule has 0 aliphatic heterocycles. The smallest absolute Gasteiger partial charge is 0.410 e. The van der Waals surface area contributed by atoms with Crippen LogP contribution in [0.3, 0.4) is 0 Å². The van der Waals surface area contributed by atoms with E-state index < -0.39 is 5.60 Å². The number of ether oxygens (including phenoxy) is 1. The zero-order valence-corrected chi connectivity index (χ0v) is 17.2. The summed E-state index contributed by atoms with van der Waals surface area (Å²) in [5.74, 6) is 0.443. The summed E-state index contributed by atoms with van der Waals surface area (Å²) in [5.41, 5.74) is 1.57. The number of rotatable bonds is 9. The second kappa shape index (κ2) is 10.1. The number of benzene rings is 2. The van der Waals surface area contributed by atoms with E-state index in [1.54, 1.807) is 4.90 Å². The van der Waals surface area contributed by atoms with E-state index in [9.17, 15) is 4.79 Å². The fourth-order valence-corrected chi connectivity index (χ4v) is 3.52. The number of hydrogen-bond donors (Lipinski definition) is 0. The molecular weight excluding hydrogens is 334 g/mol. The molecule has 2 unspecified atom stereocenters. The maximum absolute atomic E-state index is 13.0. The number of amides is 1. The van der Waals surface area contributed by atoms with Crippen LogP contribution in [0.2, 0.25) is 0 Å². The monoisotopic (exact) mass is 367 g/mol. The first kappa shape index (κ1) is 21.0. The van der Waals surface area contributed by atoms with Gasteiger partial charge < -0.3 is 9.64 Å². The van der Waals surface area contributed by atoms with Crippen LogP contribution in [0.15, 0.2) is 60.7 Å². The Balaban J connectivity index is 2.48. The van der Waals surface area contributed by atoms with Gasteiger partial charge in [-0.3, -0.25) is 0 Å². The van der Waals surface area contributed by atoms with Gasteiger partial charge in [0.1, 0.15) is 5.60 Å².